The zero-order valence-electron chi connectivity index (χ0n) is 7.26. The summed E-state index contributed by atoms with van der Waals surface area (Å²) < 4.78 is 4.93. The van der Waals surface area contributed by atoms with Gasteiger partial charge >= 0.3 is 0 Å². The minimum absolute atomic E-state index is 0.354. The van der Waals surface area contributed by atoms with E-state index in [9.17, 15) is 4.79 Å². The van der Waals surface area contributed by atoms with Crippen LogP contribution in [0.1, 0.15) is 10.4 Å². The van der Waals surface area contributed by atoms with Gasteiger partial charge < -0.3 is 4.74 Å². The largest absolute Gasteiger partial charge is 0.495 e. The van der Waals surface area contributed by atoms with Gasteiger partial charge in [0.2, 0.25) is 0 Å². The van der Waals surface area contributed by atoms with E-state index in [-0.39, 0.29) is 5.78 Å². The summed E-state index contributed by atoms with van der Waals surface area (Å²) in [5, 5.41) is 0.354. The second kappa shape index (κ2) is 4.87. The number of Topliss-reactive ketones (excluding diaryl/α,β-unsaturated/α-hetero) is 1. The number of rotatable bonds is 3. The van der Waals surface area contributed by atoms with E-state index in [1.807, 2.05) is 0 Å². The Kier molecular flexibility index (Phi) is 4.05. The number of hydrogen-bond acceptors (Lipinski definition) is 2. The van der Waals surface area contributed by atoms with Gasteiger partial charge in [0.25, 0.3) is 0 Å². The molecule has 0 heterocycles. The van der Waals surface area contributed by atoms with Gasteiger partial charge in [-0.2, -0.15) is 0 Å². The van der Waals surface area contributed by atoms with Crippen molar-refractivity contribution in [2.75, 3.05) is 7.11 Å². The Morgan fingerprint density at radius 3 is 2.50 bits per heavy atom. The third-order valence-electron chi connectivity index (χ3n) is 1.63. The van der Waals surface area contributed by atoms with Crippen molar-refractivity contribution in [1.82, 2.24) is 0 Å². The lowest BCUT2D eigenvalue weighted by molar-refractivity contribution is 0.101. The average Bonchev–Trinajstić information content (AvgIpc) is 2.16. The molecule has 0 atom stereocenters. The summed E-state index contributed by atoms with van der Waals surface area (Å²) in [5.41, 5.74) is 0.366. The molecule has 2 nitrogen and oxygen atoms in total. The zero-order chi connectivity index (χ0) is 10.7. The lowest BCUT2D eigenvalue weighted by atomic mass is 10.1. The lowest BCUT2D eigenvalue weighted by Gasteiger charge is -2.05. The smallest absolute Gasteiger partial charge is 0.195 e. The van der Waals surface area contributed by atoms with Gasteiger partial charge in [-0.1, -0.05) is 34.8 Å². The second-order valence-electron chi connectivity index (χ2n) is 2.51. The van der Waals surface area contributed by atoms with Gasteiger partial charge in [0, 0.05) is 5.56 Å². The Balaban J connectivity index is 3.03. The summed E-state index contributed by atoms with van der Waals surface area (Å²) in [6.45, 7) is 0. The molecule has 1 aromatic rings. The lowest BCUT2D eigenvalue weighted by Crippen LogP contribution is -2.07. The number of methoxy groups -OCH3 is 1. The molecule has 76 valence electrons. The van der Waals surface area contributed by atoms with Crippen molar-refractivity contribution in [1.29, 1.82) is 0 Å². The van der Waals surface area contributed by atoms with Crippen molar-refractivity contribution >= 4 is 40.6 Å². The van der Waals surface area contributed by atoms with Crippen LogP contribution in [0, 0.1) is 0 Å². The highest BCUT2D eigenvalue weighted by atomic mass is 35.5. The van der Waals surface area contributed by atoms with E-state index in [0.717, 1.165) is 0 Å². The first-order valence-corrected chi connectivity index (χ1v) is 4.97. The van der Waals surface area contributed by atoms with Crippen LogP contribution in [-0.4, -0.2) is 17.7 Å². The maximum absolute atomic E-state index is 11.3. The topological polar surface area (TPSA) is 26.3 Å². The van der Waals surface area contributed by atoms with Gasteiger partial charge in [0.15, 0.2) is 10.6 Å². The normalized spacial score (nSPS) is 10.4. The fraction of sp³-hybridized carbons (Fsp3) is 0.222. The van der Waals surface area contributed by atoms with Crippen molar-refractivity contribution < 1.29 is 9.53 Å². The van der Waals surface area contributed by atoms with E-state index in [1.54, 1.807) is 12.1 Å². The number of hydrogen-bond donors (Lipinski definition) is 0. The molecular formula is C9H7Cl3O2. The summed E-state index contributed by atoms with van der Waals surface area (Å²) in [7, 11) is 1.49. The molecule has 0 N–H and O–H groups in total. The molecule has 14 heavy (non-hydrogen) atoms. The molecule has 1 rings (SSSR count). The molecule has 0 amide bonds. The van der Waals surface area contributed by atoms with Crippen LogP contribution in [0.2, 0.25) is 5.02 Å². The molecule has 0 fully saturated rings. The van der Waals surface area contributed by atoms with Gasteiger partial charge in [-0.25, -0.2) is 0 Å². The van der Waals surface area contributed by atoms with Crippen LogP contribution in [0.5, 0.6) is 5.75 Å². The monoisotopic (exact) mass is 252 g/mol. The number of ketones is 1. The van der Waals surface area contributed by atoms with Crippen LogP contribution in [0.15, 0.2) is 18.2 Å². The van der Waals surface area contributed by atoms with E-state index in [2.05, 4.69) is 0 Å². The number of halogens is 3. The maximum atomic E-state index is 11.3. The van der Waals surface area contributed by atoms with E-state index in [4.69, 9.17) is 39.5 Å². The van der Waals surface area contributed by atoms with Crippen molar-refractivity contribution in [3.05, 3.63) is 28.8 Å². The fourth-order valence-corrected chi connectivity index (χ4v) is 1.46. The average molecular weight is 254 g/mol. The summed E-state index contributed by atoms with van der Waals surface area (Å²) in [6, 6.07) is 4.62. The predicted molar refractivity (Wildman–Crippen MR) is 57.8 cm³/mol. The van der Waals surface area contributed by atoms with Crippen LogP contribution >= 0.6 is 34.8 Å². The van der Waals surface area contributed by atoms with Crippen LogP contribution in [0.4, 0.5) is 0 Å². The zero-order valence-corrected chi connectivity index (χ0v) is 9.53. The molecule has 0 unspecified atom stereocenters. The number of benzene rings is 1. The molecule has 0 saturated carbocycles. The second-order valence-corrected chi connectivity index (χ2v) is 4.02. The van der Waals surface area contributed by atoms with Gasteiger partial charge in [-0.3, -0.25) is 4.79 Å². The molecule has 1 aromatic carbocycles. The van der Waals surface area contributed by atoms with Gasteiger partial charge in [-0.05, 0) is 18.2 Å². The molecular weight excluding hydrogens is 246 g/mol. The number of carbonyl (C=O) groups is 1. The number of carbonyl (C=O) groups excluding carboxylic acids is 1. The van der Waals surface area contributed by atoms with Crippen molar-refractivity contribution in [3.8, 4) is 5.75 Å². The van der Waals surface area contributed by atoms with E-state index < -0.39 is 4.84 Å². The Bertz CT molecular complexity index is 350. The van der Waals surface area contributed by atoms with Crippen molar-refractivity contribution in [3.63, 3.8) is 0 Å². The van der Waals surface area contributed by atoms with Crippen molar-refractivity contribution in [2.45, 2.75) is 4.84 Å². The highest BCUT2D eigenvalue weighted by Crippen LogP contribution is 2.26. The SMILES string of the molecule is COc1ccc(C(=O)C(Cl)Cl)cc1Cl. The van der Waals surface area contributed by atoms with E-state index >= 15 is 0 Å². The van der Waals surface area contributed by atoms with E-state index in [0.29, 0.717) is 16.3 Å². The number of ether oxygens (including phenoxy) is 1. The molecule has 0 bridgehead atoms. The van der Waals surface area contributed by atoms with Crippen LogP contribution in [-0.2, 0) is 0 Å². The van der Waals surface area contributed by atoms with Crippen LogP contribution in [0.3, 0.4) is 0 Å². The summed E-state index contributed by atoms with van der Waals surface area (Å²) >= 11 is 16.7. The first kappa shape index (κ1) is 11.6. The molecule has 0 spiro atoms. The minimum atomic E-state index is -1.07. The third-order valence-corrected chi connectivity index (χ3v) is 2.33. The molecule has 0 aliphatic heterocycles. The first-order chi connectivity index (χ1) is 6.56. The van der Waals surface area contributed by atoms with E-state index in [1.165, 1.54) is 13.2 Å². The highest BCUT2D eigenvalue weighted by Gasteiger charge is 2.15. The molecule has 5 heteroatoms. The maximum Gasteiger partial charge on any atom is 0.195 e. The summed E-state index contributed by atoms with van der Waals surface area (Å²) in [4.78, 5) is 10.3. The van der Waals surface area contributed by atoms with Crippen LogP contribution in [0.25, 0.3) is 0 Å². The Morgan fingerprint density at radius 1 is 1.43 bits per heavy atom. The standard InChI is InChI=1S/C9H7Cl3O2/c1-14-7-3-2-5(4-6(7)10)8(13)9(11)12/h2-4,9H,1H3. The molecule has 0 aliphatic carbocycles. The Morgan fingerprint density at radius 2 is 2.07 bits per heavy atom. The Hall–Kier alpha value is -0.440. The molecule has 0 aliphatic rings. The quantitative estimate of drug-likeness (QED) is 0.610. The van der Waals surface area contributed by atoms with Crippen LogP contribution < -0.4 is 4.74 Å². The number of alkyl halides is 2. The minimum Gasteiger partial charge on any atom is -0.495 e. The predicted octanol–water partition coefficient (Wildman–Crippen LogP) is 3.34. The van der Waals surface area contributed by atoms with Gasteiger partial charge in [0.1, 0.15) is 5.75 Å². The van der Waals surface area contributed by atoms with Gasteiger partial charge in [0.05, 0.1) is 12.1 Å². The third kappa shape index (κ3) is 2.53. The molecule has 0 saturated heterocycles. The fourth-order valence-electron chi connectivity index (χ4n) is 0.946. The summed E-state index contributed by atoms with van der Waals surface area (Å²) in [5.74, 6) is 0.127. The Labute approximate surface area is 96.7 Å². The molecule has 0 aromatic heterocycles. The van der Waals surface area contributed by atoms with Crippen molar-refractivity contribution in [2.24, 2.45) is 0 Å². The highest BCUT2D eigenvalue weighted by molar-refractivity contribution is 6.55. The van der Waals surface area contributed by atoms with Gasteiger partial charge in [-0.15, -0.1) is 0 Å². The first-order valence-electron chi connectivity index (χ1n) is 3.72. The molecule has 0 radical (unpaired) electrons. The summed E-state index contributed by atoms with van der Waals surface area (Å²) in [6.07, 6.45) is 0.